The third-order valence-corrected chi connectivity index (χ3v) is 3.00. The van der Waals surface area contributed by atoms with Crippen LogP contribution >= 0.6 is 0 Å². The highest BCUT2D eigenvalue weighted by Crippen LogP contribution is 2.12. The smallest absolute Gasteiger partial charge is 0.337 e. The van der Waals surface area contributed by atoms with E-state index >= 15 is 0 Å². The van der Waals surface area contributed by atoms with Crippen molar-refractivity contribution in [1.82, 2.24) is 0 Å². The Morgan fingerprint density at radius 1 is 0.864 bits per heavy atom. The molecule has 0 spiro atoms. The van der Waals surface area contributed by atoms with E-state index in [0.29, 0.717) is 22.4 Å². The lowest BCUT2D eigenvalue weighted by molar-refractivity contribution is 0.0600. The third-order valence-electron chi connectivity index (χ3n) is 3.00. The molecule has 22 heavy (non-hydrogen) atoms. The maximum Gasteiger partial charge on any atom is 0.337 e. The van der Waals surface area contributed by atoms with E-state index in [2.05, 4.69) is 10.1 Å². The first-order valence-corrected chi connectivity index (χ1v) is 6.41. The summed E-state index contributed by atoms with van der Waals surface area (Å²) in [5.41, 5.74) is 6.79. The second kappa shape index (κ2) is 6.53. The number of nitrogens with two attached hydrogens (primary N) is 1. The average molecular weight is 298 g/mol. The van der Waals surface area contributed by atoms with Gasteiger partial charge in [-0.25, -0.2) is 4.79 Å². The highest BCUT2D eigenvalue weighted by atomic mass is 16.5. The first-order valence-electron chi connectivity index (χ1n) is 6.41. The Morgan fingerprint density at radius 3 is 1.86 bits per heavy atom. The van der Waals surface area contributed by atoms with E-state index in [0.717, 1.165) is 0 Å². The van der Waals surface area contributed by atoms with Gasteiger partial charge >= 0.3 is 5.97 Å². The van der Waals surface area contributed by atoms with Crippen LogP contribution < -0.4 is 11.1 Å². The fourth-order valence-corrected chi connectivity index (χ4v) is 1.80. The minimum Gasteiger partial charge on any atom is -0.465 e. The first kappa shape index (κ1) is 15.2. The summed E-state index contributed by atoms with van der Waals surface area (Å²) in [4.78, 5) is 34.3. The molecule has 2 aromatic carbocycles. The van der Waals surface area contributed by atoms with Gasteiger partial charge in [0.1, 0.15) is 0 Å². The molecule has 0 aliphatic heterocycles. The maximum absolute atomic E-state index is 12.1. The molecule has 3 N–H and O–H groups in total. The van der Waals surface area contributed by atoms with Gasteiger partial charge in [0.05, 0.1) is 12.7 Å². The third kappa shape index (κ3) is 3.49. The second-order valence-corrected chi connectivity index (χ2v) is 4.46. The van der Waals surface area contributed by atoms with Crippen molar-refractivity contribution >= 4 is 23.5 Å². The van der Waals surface area contributed by atoms with Crippen molar-refractivity contribution in [3.05, 3.63) is 65.2 Å². The molecule has 6 nitrogen and oxygen atoms in total. The lowest BCUT2D eigenvalue weighted by Crippen LogP contribution is -2.14. The number of nitrogens with one attached hydrogen (secondary N) is 1. The standard InChI is InChI=1S/C16H14N2O4/c1-22-16(21)12-6-8-13(9-7-12)18-15(20)11-4-2-10(3-5-11)14(17)19/h2-9H,1H3,(H2,17,19)(H,18,20). The zero-order valence-corrected chi connectivity index (χ0v) is 11.8. The van der Waals surface area contributed by atoms with Crippen molar-refractivity contribution in [3.8, 4) is 0 Å². The summed E-state index contributed by atoms with van der Waals surface area (Å²) in [7, 11) is 1.30. The zero-order valence-electron chi connectivity index (χ0n) is 11.8. The van der Waals surface area contributed by atoms with E-state index < -0.39 is 11.9 Å². The highest BCUT2D eigenvalue weighted by Gasteiger charge is 2.09. The number of methoxy groups -OCH3 is 1. The number of hydrogen-bond donors (Lipinski definition) is 2. The molecule has 0 radical (unpaired) electrons. The SMILES string of the molecule is COC(=O)c1ccc(NC(=O)c2ccc(C(N)=O)cc2)cc1. The molecule has 0 aliphatic rings. The van der Waals surface area contributed by atoms with Crippen molar-refractivity contribution in [2.45, 2.75) is 0 Å². The van der Waals surface area contributed by atoms with Gasteiger partial charge < -0.3 is 15.8 Å². The van der Waals surface area contributed by atoms with Crippen LogP contribution in [0.5, 0.6) is 0 Å². The molecule has 0 bridgehead atoms. The van der Waals surface area contributed by atoms with Gasteiger partial charge in [-0.2, -0.15) is 0 Å². The lowest BCUT2D eigenvalue weighted by Gasteiger charge is -2.06. The average Bonchev–Trinajstić information content (AvgIpc) is 2.54. The molecule has 2 rings (SSSR count). The van der Waals surface area contributed by atoms with Crippen LogP contribution in [0.25, 0.3) is 0 Å². The summed E-state index contributed by atoms with van der Waals surface area (Å²) >= 11 is 0. The zero-order chi connectivity index (χ0) is 16.1. The molecule has 0 aliphatic carbocycles. The van der Waals surface area contributed by atoms with Gasteiger partial charge in [-0.05, 0) is 48.5 Å². The Morgan fingerprint density at radius 2 is 1.36 bits per heavy atom. The van der Waals surface area contributed by atoms with E-state index in [-0.39, 0.29) is 5.91 Å². The van der Waals surface area contributed by atoms with Gasteiger partial charge in [0.2, 0.25) is 5.91 Å². The van der Waals surface area contributed by atoms with E-state index in [1.165, 1.54) is 31.4 Å². The molecule has 0 atom stereocenters. The van der Waals surface area contributed by atoms with Gasteiger partial charge in [-0.1, -0.05) is 0 Å². The predicted octanol–water partition coefficient (Wildman–Crippen LogP) is 1.82. The van der Waals surface area contributed by atoms with Crippen LogP contribution in [0.2, 0.25) is 0 Å². The number of esters is 1. The molecule has 6 heteroatoms. The monoisotopic (exact) mass is 298 g/mol. The molecule has 0 heterocycles. The molecule has 2 amide bonds. The molecule has 0 fully saturated rings. The normalized spacial score (nSPS) is 9.86. The van der Waals surface area contributed by atoms with E-state index in [9.17, 15) is 14.4 Å². The van der Waals surface area contributed by atoms with Gasteiger partial charge in [-0.15, -0.1) is 0 Å². The number of rotatable bonds is 4. The number of carbonyl (C=O) groups excluding carboxylic acids is 3. The number of primary amides is 1. The van der Waals surface area contributed by atoms with Crippen molar-refractivity contribution in [1.29, 1.82) is 0 Å². The van der Waals surface area contributed by atoms with Crippen LogP contribution in [0, 0.1) is 0 Å². The molecular formula is C16H14N2O4. The largest absolute Gasteiger partial charge is 0.465 e. The molecule has 0 saturated heterocycles. The highest BCUT2D eigenvalue weighted by molar-refractivity contribution is 6.05. The van der Waals surface area contributed by atoms with Crippen molar-refractivity contribution in [2.75, 3.05) is 12.4 Å². The quantitative estimate of drug-likeness (QED) is 0.841. The van der Waals surface area contributed by atoms with Gasteiger partial charge in [0, 0.05) is 16.8 Å². The van der Waals surface area contributed by atoms with Crippen LogP contribution in [-0.2, 0) is 4.74 Å². The van der Waals surface area contributed by atoms with Gasteiger partial charge in [0.25, 0.3) is 5.91 Å². The summed E-state index contributed by atoms with van der Waals surface area (Å²) in [5, 5.41) is 2.68. The Balaban J connectivity index is 2.08. The van der Waals surface area contributed by atoms with E-state index in [1.54, 1.807) is 24.3 Å². The Bertz CT molecular complexity index is 706. The number of carbonyl (C=O) groups is 3. The van der Waals surface area contributed by atoms with E-state index in [1.807, 2.05) is 0 Å². The van der Waals surface area contributed by atoms with Crippen molar-refractivity contribution < 1.29 is 19.1 Å². The number of amides is 2. The van der Waals surface area contributed by atoms with Gasteiger partial charge in [-0.3, -0.25) is 9.59 Å². The number of anilines is 1. The minimum absolute atomic E-state index is 0.332. The Kier molecular flexibility index (Phi) is 4.53. The second-order valence-electron chi connectivity index (χ2n) is 4.46. The fourth-order valence-electron chi connectivity index (χ4n) is 1.80. The number of benzene rings is 2. The van der Waals surface area contributed by atoms with Crippen LogP contribution in [-0.4, -0.2) is 24.9 Å². The summed E-state index contributed by atoms with van der Waals surface area (Å²) in [6.45, 7) is 0. The van der Waals surface area contributed by atoms with E-state index in [4.69, 9.17) is 5.73 Å². The fraction of sp³-hybridized carbons (Fsp3) is 0.0625. The molecular weight excluding hydrogens is 284 g/mol. The molecule has 112 valence electrons. The Hall–Kier alpha value is -3.15. The molecule has 0 saturated carbocycles. The Labute approximate surface area is 126 Å². The predicted molar refractivity (Wildman–Crippen MR) is 80.7 cm³/mol. The van der Waals surface area contributed by atoms with Crippen molar-refractivity contribution in [2.24, 2.45) is 5.73 Å². The van der Waals surface area contributed by atoms with Crippen LogP contribution in [0.1, 0.15) is 31.1 Å². The summed E-state index contributed by atoms with van der Waals surface area (Å²) in [5.74, 6) is -1.33. The summed E-state index contributed by atoms with van der Waals surface area (Å²) in [6.07, 6.45) is 0. The maximum atomic E-state index is 12.1. The topological polar surface area (TPSA) is 98.5 Å². The van der Waals surface area contributed by atoms with Crippen LogP contribution in [0.3, 0.4) is 0 Å². The van der Waals surface area contributed by atoms with Gasteiger partial charge in [0.15, 0.2) is 0 Å². The van der Waals surface area contributed by atoms with Crippen LogP contribution in [0.4, 0.5) is 5.69 Å². The summed E-state index contributed by atoms with van der Waals surface area (Å²) < 4.78 is 4.59. The lowest BCUT2D eigenvalue weighted by atomic mass is 10.1. The first-order chi connectivity index (χ1) is 10.5. The van der Waals surface area contributed by atoms with Crippen molar-refractivity contribution in [3.63, 3.8) is 0 Å². The molecule has 0 unspecified atom stereocenters. The molecule has 2 aromatic rings. The number of hydrogen-bond acceptors (Lipinski definition) is 4. The van der Waals surface area contributed by atoms with Crippen LogP contribution in [0.15, 0.2) is 48.5 Å². The minimum atomic E-state index is -0.551. The molecule has 0 aromatic heterocycles. The number of ether oxygens (including phenoxy) is 1. The summed E-state index contributed by atoms with van der Waals surface area (Å²) in [6, 6.07) is 12.3.